The lowest BCUT2D eigenvalue weighted by molar-refractivity contribution is -0.168. The second kappa shape index (κ2) is 2.30. The molecule has 2 heterocycles. The van der Waals surface area contributed by atoms with E-state index in [-0.39, 0.29) is 16.6 Å². The van der Waals surface area contributed by atoms with Gasteiger partial charge in [-0.1, -0.05) is 6.92 Å². The summed E-state index contributed by atoms with van der Waals surface area (Å²) in [6.45, 7) is 6.98. The first-order chi connectivity index (χ1) is 5.61. The molecular formula is C9H15NO2. The Morgan fingerprint density at radius 2 is 2.08 bits per heavy atom. The molecule has 0 aromatic carbocycles. The minimum Gasteiger partial charge on any atom is -0.380 e. The van der Waals surface area contributed by atoms with E-state index in [1.54, 1.807) is 6.92 Å². The zero-order valence-corrected chi connectivity index (χ0v) is 7.64. The number of nitrogens with one attached hydrogen (secondary N) is 1. The normalized spacial score (nSPS) is 38.2. The molecule has 0 amide bonds. The SMILES string of the molecule is CC(=O)[C@@]1(C)CNCC12COC2. The molecule has 2 saturated heterocycles. The minimum atomic E-state index is -0.189. The zero-order valence-electron chi connectivity index (χ0n) is 7.64. The fraction of sp³-hybridized carbons (Fsp3) is 0.889. The molecule has 2 fully saturated rings. The molecule has 1 spiro atoms. The first-order valence-electron chi connectivity index (χ1n) is 4.40. The van der Waals surface area contributed by atoms with Gasteiger partial charge in [-0.25, -0.2) is 0 Å². The Morgan fingerprint density at radius 3 is 2.42 bits per heavy atom. The van der Waals surface area contributed by atoms with E-state index in [2.05, 4.69) is 12.2 Å². The summed E-state index contributed by atoms with van der Waals surface area (Å²) in [7, 11) is 0. The number of hydrogen-bond donors (Lipinski definition) is 1. The molecule has 1 atom stereocenters. The second-order valence-corrected chi connectivity index (χ2v) is 4.26. The van der Waals surface area contributed by atoms with Gasteiger partial charge < -0.3 is 10.1 Å². The van der Waals surface area contributed by atoms with E-state index >= 15 is 0 Å². The molecule has 0 aromatic rings. The zero-order chi connectivity index (χ0) is 8.82. The van der Waals surface area contributed by atoms with Crippen molar-refractivity contribution in [1.82, 2.24) is 5.32 Å². The lowest BCUT2D eigenvalue weighted by Gasteiger charge is -2.47. The van der Waals surface area contributed by atoms with Gasteiger partial charge in [0.1, 0.15) is 5.78 Å². The molecule has 2 aliphatic rings. The molecule has 0 bridgehead atoms. The quantitative estimate of drug-likeness (QED) is 0.609. The lowest BCUT2D eigenvalue weighted by Crippen LogP contribution is -2.56. The van der Waals surface area contributed by atoms with Crippen molar-refractivity contribution in [3.05, 3.63) is 0 Å². The largest absolute Gasteiger partial charge is 0.380 e. The van der Waals surface area contributed by atoms with E-state index in [0.717, 1.165) is 26.3 Å². The molecule has 0 aromatic heterocycles. The van der Waals surface area contributed by atoms with Crippen LogP contribution in [0.3, 0.4) is 0 Å². The van der Waals surface area contributed by atoms with E-state index in [9.17, 15) is 4.79 Å². The van der Waals surface area contributed by atoms with Crippen LogP contribution in [0.15, 0.2) is 0 Å². The van der Waals surface area contributed by atoms with E-state index in [1.807, 2.05) is 0 Å². The summed E-state index contributed by atoms with van der Waals surface area (Å²) in [5.74, 6) is 0.288. The molecule has 68 valence electrons. The summed E-state index contributed by atoms with van der Waals surface area (Å²) < 4.78 is 5.21. The fourth-order valence-corrected chi connectivity index (χ4v) is 2.20. The fourth-order valence-electron chi connectivity index (χ4n) is 2.20. The molecule has 1 N–H and O–H groups in total. The van der Waals surface area contributed by atoms with E-state index in [0.29, 0.717) is 0 Å². The molecule has 2 rings (SSSR count). The highest BCUT2D eigenvalue weighted by Gasteiger charge is 2.58. The molecule has 0 unspecified atom stereocenters. The van der Waals surface area contributed by atoms with E-state index in [4.69, 9.17) is 4.74 Å². The number of rotatable bonds is 1. The smallest absolute Gasteiger partial charge is 0.137 e. The number of ketones is 1. The minimum absolute atomic E-state index is 0.110. The number of ether oxygens (including phenoxy) is 1. The highest BCUT2D eigenvalue weighted by Crippen LogP contribution is 2.48. The van der Waals surface area contributed by atoms with Crippen molar-refractivity contribution in [2.24, 2.45) is 10.8 Å². The average molecular weight is 169 g/mol. The Kier molecular flexibility index (Phi) is 1.57. The van der Waals surface area contributed by atoms with Crippen molar-refractivity contribution in [1.29, 1.82) is 0 Å². The van der Waals surface area contributed by atoms with Crippen molar-refractivity contribution in [2.75, 3.05) is 26.3 Å². The van der Waals surface area contributed by atoms with Crippen molar-refractivity contribution in [3.63, 3.8) is 0 Å². The molecule has 3 heteroatoms. The monoisotopic (exact) mass is 169 g/mol. The number of Topliss-reactive ketones (excluding diaryl/α,β-unsaturated/α-hetero) is 1. The van der Waals surface area contributed by atoms with Crippen LogP contribution in [0, 0.1) is 10.8 Å². The van der Waals surface area contributed by atoms with Crippen molar-refractivity contribution in [2.45, 2.75) is 13.8 Å². The first kappa shape index (κ1) is 8.20. The van der Waals surface area contributed by atoms with Crippen LogP contribution in [0.1, 0.15) is 13.8 Å². The molecule has 3 nitrogen and oxygen atoms in total. The Labute approximate surface area is 72.5 Å². The second-order valence-electron chi connectivity index (χ2n) is 4.26. The third-order valence-electron chi connectivity index (χ3n) is 3.65. The maximum atomic E-state index is 11.5. The van der Waals surface area contributed by atoms with Gasteiger partial charge in [0, 0.05) is 23.9 Å². The van der Waals surface area contributed by atoms with Gasteiger partial charge in [0.2, 0.25) is 0 Å². The Morgan fingerprint density at radius 1 is 1.42 bits per heavy atom. The van der Waals surface area contributed by atoms with Crippen molar-refractivity contribution >= 4 is 5.78 Å². The van der Waals surface area contributed by atoms with Crippen LogP contribution in [0.5, 0.6) is 0 Å². The van der Waals surface area contributed by atoms with Gasteiger partial charge in [0.15, 0.2) is 0 Å². The average Bonchev–Trinajstić information content (AvgIpc) is 2.26. The maximum Gasteiger partial charge on any atom is 0.137 e. The van der Waals surface area contributed by atoms with Gasteiger partial charge in [0.05, 0.1) is 13.2 Å². The molecular weight excluding hydrogens is 154 g/mol. The van der Waals surface area contributed by atoms with Crippen molar-refractivity contribution < 1.29 is 9.53 Å². The summed E-state index contributed by atoms with van der Waals surface area (Å²) >= 11 is 0. The van der Waals surface area contributed by atoms with E-state index < -0.39 is 0 Å². The van der Waals surface area contributed by atoms with Crippen LogP contribution < -0.4 is 5.32 Å². The Balaban J connectivity index is 2.29. The van der Waals surface area contributed by atoms with Crippen LogP contribution in [0.25, 0.3) is 0 Å². The molecule has 0 radical (unpaired) electrons. The molecule has 0 saturated carbocycles. The van der Waals surface area contributed by atoms with Crippen LogP contribution in [0.2, 0.25) is 0 Å². The van der Waals surface area contributed by atoms with Gasteiger partial charge in [0.25, 0.3) is 0 Å². The van der Waals surface area contributed by atoms with Gasteiger partial charge in [-0.3, -0.25) is 4.79 Å². The van der Waals surface area contributed by atoms with Gasteiger partial charge in [-0.15, -0.1) is 0 Å². The number of hydrogen-bond acceptors (Lipinski definition) is 3. The van der Waals surface area contributed by atoms with Crippen LogP contribution in [-0.4, -0.2) is 32.1 Å². The third kappa shape index (κ3) is 0.756. The van der Waals surface area contributed by atoms with Crippen LogP contribution in [-0.2, 0) is 9.53 Å². The molecule has 12 heavy (non-hydrogen) atoms. The van der Waals surface area contributed by atoms with Gasteiger partial charge in [-0.05, 0) is 6.92 Å². The summed E-state index contributed by atoms with van der Waals surface area (Å²) in [6.07, 6.45) is 0. The summed E-state index contributed by atoms with van der Waals surface area (Å²) in [6, 6.07) is 0. The lowest BCUT2D eigenvalue weighted by atomic mass is 9.63. The van der Waals surface area contributed by atoms with Gasteiger partial charge in [-0.2, -0.15) is 0 Å². The summed E-state index contributed by atoms with van der Waals surface area (Å²) in [5, 5.41) is 3.29. The third-order valence-corrected chi connectivity index (χ3v) is 3.65. The number of carbonyl (C=O) groups is 1. The molecule has 0 aliphatic carbocycles. The highest BCUT2D eigenvalue weighted by molar-refractivity contribution is 5.84. The maximum absolute atomic E-state index is 11.5. The van der Waals surface area contributed by atoms with Gasteiger partial charge >= 0.3 is 0 Å². The Hall–Kier alpha value is -0.410. The molecule has 2 aliphatic heterocycles. The van der Waals surface area contributed by atoms with Crippen molar-refractivity contribution in [3.8, 4) is 0 Å². The topological polar surface area (TPSA) is 38.3 Å². The first-order valence-corrected chi connectivity index (χ1v) is 4.40. The van der Waals surface area contributed by atoms with Crippen LogP contribution >= 0.6 is 0 Å². The van der Waals surface area contributed by atoms with E-state index in [1.165, 1.54) is 0 Å². The number of carbonyl (C=O) groups excluding carboxylic acids is 1. The van der Waals surface area contributed by atoms with Crippen LogP contribution in [0.4, 0.5) is 0 Å². The summed E-state index contributed by atoms with van der Waals surface area (Å²) in [4.78, 5) is 11.5. The Bertz CT molecular complexity index is 223. The predicted molar refractivity (Wildman–Crippen MR) is 44.9 cm³/mol. The standard InChI is InChI=1S/C9H15NO2/c1-7(11)8(2)3-10-4-9(8)5-12-6-9/h10H,3-6H2,1-2H3/t8-/m1/s1. The highest BCUT2D eigenvalue weighted by atomic mass is 16.5. The summed E-state index contributed by atoms with van der Waals surface area (Å²) in [5.41, 5.74) is -0.0793. The predicted octanol–water partition coefficient (Wildman–Crippen LogP) is 0.201.